The fraction of sp³-hybridized carbons (Fsp3) is 0.533. The molecular formula is C15H24N2O4S. The summed E-state index contributed by atoms with van der Waals surface area (Å²) in [5.41, 5.74) is 1.34. The van der Waals surface area contributed by atoms with E-state index in [0.29, 0.717) is 25.3 Å². The Morgan fingerprint density at radius 3 is 2.50 bits per heavy atom. The van der Waals surface area contributed by atoms with E-state index in [4.69, 9.17) is 4.74 Å². The van der Waals surface area contributed by atoms with Gasteiger partial charge in [-0.3, -0.25) is 9.52 Å². The van der Waals surface area contributed by atoms with E-state index in [1.54, 1.807) is 31.4 Å². The van der Waals surface area contributed by atoms with Gasteiger partial charge in [-0.2, -0.15) is 0 Å². The van der Waals surface area contributed by atoms with Gasteiger partial charge in [0.15, 0.2) is 0 Å². The third-order valence-electron chi connectivity index (χ3n) is 2.99. The summed E-state index contributed by atoms with van der Waals surface area (Å²) < 4.78 is 30.9. The lowest BCUT2D eigenvalue weighted by Crippen LogP contribution is -2.28. The highest BCUT2D eigenvalue weighted by Crippen LogP contribution is 2.12. The second kappa shape index (κ2) is 9.42. The minimum Gasteiger partial charge on any atom is -0.383 e. The first-order valence-electron chi connectivity index (χ1n) is 7.32. The number of benzene rings is 1. The first-order chi connectivity index (χ1) is 10.5. The van der Waals surface area contributed by atoms with Gasteiger partial charge in [-0.1, -0.05) is 25.5 Å². The number of hydrogen-bond acceptors (Lipinski definition) is 4. The number of amides is 1. The molecule has 7 heteroatoms. The highest BCUT2D eigenvalue weighted by Gasteiger charge is 2.09. The molecule has 0 aliphatic rings. The monoisotopic (exact) mass is 328 g/mol. The van der Waals surface area contributed by atoms with Crippen molar-refractivity contribution in [1.29, 1.82) is 0 Å². The number of carbonyl (C=O) groups is 1. The summed E-state index contributed by atoms with van der Waals surface area (Å²) in [6, 6.07) is 6.82. The number of nitrogens with one attached hydrogen (secondary N) is 2. The predicted molar refractivity (Wildman–Crippen MR) is 87.3 cm³/mol. The molecule has 0 radical (unpaired) electrons. The highest BCUT2D eigenvalue weighted by atomic mass is 32.2. The van der Waals surface area contributed by atoms with Crippen molar-refractivity contribution < 1.29 is 17.9 Å². The average molecular weight is 328 g/mol. The molecule has 0 aromatic heterocycles. The van der Waals surface area contributed by atoms with Crippen molar-refractivity contribution in [3.05, 3.63) is 29.8 Å². The Morgan fingerprint density at radius 1 is 1.23 bits per heavy atom. The highest BCUT2D eigenvalue weighted by molar-refractivity contribution is 7.92. The molecule has 6 nitrogen and oxygen atoms in total. The van der Waals surface area contributed by atoms with Gasteiger partial charge in [-0.25, -0.2) is 8.42 Å². The second-order valence-electron chi connectivity index (χ2n) is 4.99. The van der Waals surface area contributed by atoms with Crippen LogP contribution in [0.25, 0.3) is 0 Å². The van der Waals surface area contributed by atoms with Gasteiger partial charge >= 0.3 is 0 Å². The zero-order chi connectivity index (χ0) is 16.4. The van der Waals surface area contributed by atoms with E-state index >= 15 is 0 Å². The summed E-state index contributed by atoms with van der Waals surface area (Å²) in [4.78, 5) is 11.6. The predicted octanol–water partition coefficient (Wildman–Crippen LogP) is 1.53. The van der Waals surface area contributed by atoms with Crippen molar-refractivity contribution in [2.45, 2.75) is 26.2 Å². The van der Waals surface area contributed by atoms with Crippen LogP contribution in [0.5, 0.6) is 0 Å². The molecule has 0 aliphatic carbocycles. The second-order valence-corrected chi connectivity index (χ2v) is 6.83. The summed E-state index contributed by atoms with van der Waals surface area (Å²) in [6.45, 7) is 2.90. The summed E-state index contributed by atoms with van der Waals surface area (Å²) in [5, 5.41) is 2.73. The average Bonchev–Trinajstić information content (AvgIpc) is 2.47. The number of anilines is 1. The van der Waals surface area contributed by atoms with Gasteiger partial charge in [0, 0.05) is 19.3 Å². The van der Waals surface area contributed by atoms with Crippen LogP contribution in [0.2, 0.25) is 0 Å². The zero-order valence-corrected chi connectivity index (χ0v) is 13.9. The van der Waals surface area contributed by atoms with Crippen LogP contribution >= 0.6 is 0 Å². The first-order valence-corrected chi connectivity index (χ1v) is 8.97. The van der Waals surface area contributed by atoms with Crippen molar-refractivity contribution in [3.8, 4) is 0 Å². The van der Waals surface area contributed by atoms with Crippen molar-refractivity contribution in [2.75, 3.05) is 30.7 Å². The quantitative estimate of drug-likeness (QED) is 0.638. The third kappa shape index (κ3) is 7.42. The number of carbonyl (C=O) groups excluding carboxylic acids is 1. The molecule has 0 saturated carbocycles. The van der Waals surface area contributed by atoms with Crippen LogP contribution < -0.4 is 10.0 Å². The first kappa shape index (κ1) is 18.4. The Morgan fingerprint density at radius 2 is 1.91 bits per heavy atom. The molecule has 0 saturated heterocycles. The number of methoxy groups -OCH3 is 1. The molecule has 1 amide bonds. The Balaban J connectivity index is 2.51. The van der Waals surface area contributed by atoms with E-state index in [1.165, 1.54) is 0 Å². The van der Waals surface area contributed by atoms with Crippen molar-refractivity contribution in [2.24, 2.45) is 0 Å². The van der Waals surface area contributed by atoms with Gasteiger partial charge < -0.3 is 10.1 Å². The van der Waals surface area contributed by atoms with Crippen LogP contribution in [0.3, 0.4) is 0 Å². The van der Waals surface area contributed by atoms with E-state index in [1.807, 2.05) is 6.92 Å². The van der Waals surface area contributed by atoms with E-state index in [2.05, 4.69) is 10.0 Å². The van der Waals surface area contributed by atoms with Crippen LogP contribution in [0.4, 0.5) is 5.69 Å². The third-order valence-corrected chi connectivity index (χ3v) is 4.36. The van der Waals surface area contributed by atoms with Gasteiger partial charge in [-0.15, -0.1) is 0 Å². The van der Waals surface area contributed by atoms with Crippen molar-refractivity contribution >= 4 is 21.6 Å². The zero-order valence-electron chi connectivity index (χ0n) is 13.1. The van der Waals surface area contributed by atoms with Crippen LogP contribution in [-0.2, 0) is 26.0 Å². The molecule has 22 heavy (non-hydrogen) atoms. The largest absolute Gasteiger partial charge is 0.383 e. The molecule has 0 aliphatic heterocycles. The van der Waals surface area contributed by atoms with Crippen molar-refractivity contribution in [3.63, 3.8) is 0 Å². The molecule has 0 bridgehead atoms. The number of hydrogen-bond donors (Lipinski definition) is 2. The van der Waals surface area contributed by atoms with E-state index in [0.717, 1.165) is 12.0 Å². The molecule has 1 rings (SSSR count). The standard InChI is InChI=1S/C15H24N2O4S/c1-3-4-11-22(19,20)17-14-7-5-13(6-8-14)12-15(18)16-9-10-21-2/h5-8,17H,3-4,9-12H2,1-2H3,(H,16,18). The molecule has 0 fully saturated rings. The minimum absolute atomic E-state index is 0.0895. The molecule has 1 aromatic carbocycles. The lowest BCUT2D eigenvalue weighted by atomic mass is 10.1. The van der Waals surface area contributed by atoms with E-state index in [-0.39, 0.29) is 18.1 Å². The number of sulfonamides is 1. The number of ether oxygens (including phenoxy) is 1. The van der Waals surface area contributed by atoms with Crippen LogP contribution in [0.1, 0.15) is 25.3 Å². The van der Waals surface area contributed by atoms with E-state index in [9.17, 15) is 13.2 Å². The van der Waals surface area contributed by atoms with Crippen LogP contribution in [0.15, 0.2) is 24.3 Å². The summed E-state index contributed by atoms with van der Waals surface area (Å²) in [6.07, 6.45) is 1.72. The molecule has 124 valence electrons. The Bertz CT molecular complexity index is 555. The normalized spacial score (nSPS) is 11.2. The summed E-state index contributed by atoms with van der Waals surface area (Å²) in [7, 11) is -1.71. The van der Waals surface area contributed by atoms with Crippen LogP contribution in [-0.4, -0.2) is 40.3 Å². The smallest absolute Gasteiger partial charge is 0.232 e. The molecular weight excluding hydrogens is 304 g/mol. The lowest BCUT2D eigenvalue weighted by molar-refractivity contribution is -0.120. The van der Waals surface area contributed by atoms with Gasteiger partial charge in [-0.05, 0) is 24.1 Å². The number of rotatable bonds is 10. The van der Waals surface area contributed by atoms with Gasteiger partial charge in [0.1, 0.15) is 0 Å². The summed E-state index contributed by atoms with van der Waals surface area (Å²) in [5.74, 6) is 0.0287. The molecule has 0 heterocycles. The molecule has 0 atom stereocenters. The Kier molecular flexibility index (Phi) is 7.90. The maximum Gasteiger partial charge on any atom is 0.232 e. The fourth-order valence-electron chi connectivity index (χ4n) is 1.80. The van der Waals surface area contributed by atoms with Gasteiger partial charge in [0.2, 0.25) is 15.9 Å². The minimum atomic E-state index is -3.29. The molecule has 2 N–H and O–H groups in total. The molecule has 0 spiro atoms. The maximum absolute atomic E-state index is 11.8. The lowest BCUT2D eigenvalue weighted by Gasteiger charge is -2.09. The van der Waals surface area contributed by atoms with Gasteiger partial charge in [0.25, 0.3) is 0 Å². The maximum atomic E-state index is 11.8. The molecule has 0 unspecified atom stereocenters. The Labute approximate surface area is 132 Å². The van der Waals surface area contributed by atoms with Crippen LogP contribution in [0, 0.1) is 0 Å². The van der Waals surface area contributed by atoms with Gasteiger partial charge in [0.05, 0.1) is 18.8 Å². The van der Waals surface area contributed by atoms with E-state index < -0.39 is 10.0 Å². The van der Waals surface area contributed by atoms with Crippen molar-refractivity contribution in [1.82, 2.24) is 5.32 Å². The SMILES string of the molecule is CCCCS(=O)(=O)Nc1ccc(CC(=O)NCCOC)cc1. The fourth-order valence-corrected chi connectivity index (χ4v) is 3.06. The topological polar surface area (TPSA) is 84.5 Å². The summed E-state index contributed by atoms with van der Waals surface area (Å²) >= 11 is 0. The Hall–Kier alpha value is -1.60. The molecule has 1 aromatic rings. The number of unbranched alkanes of at least 4 members (excludes halogenated alkanes) is 1.